The molecule has 0 amide bonds. The molecule has 0 aliphatic rings. The zero-order valence-corrected chi connectivity index (χ0v) is 11.2. The Labute approximate surface area is 116 Å². The second-order valence-corrected chi connectivity index (χ2v) is 4.76. The van der Waals surface area contributed by atoms with Crippen molar-refractivity contribution in [3.63, 3.8) is 0 Å². The Morgan fingerprint density at radius 1 is 1.15 bits per heavy atom. The summed E-state index contributed by atoms with van der Waals surface area (Å²) in [6.45, 7) is 2.61. The van der Waals surface area contributed by atoms with Gasteiger partial charge in [-0.15, -0.1) is 0 Å². The summed E-state index contributed by atoms with van der Waals surface area (Å²) in [5.74, 6) is 0. The topological polar surface area (TPSA) is 50.7 Å². The molecule has 2 aromatic heterocycles. The lowest BCUT2D eigenvalue weighted by atomic mass is 10.1. The van der Waals surface area contributed by atoms with Crippen LogP contribution >= 0.6 is 0 Å². The highest BCUT2D eigenvalue weighted by molar-refractivity contribution is 5.62. The average Bonchev–Trinajstić information content (AvgIpc) is 2.85. The maximum Gasteiger partial charge on any atom is 0.256 e. The van der Waals surface area contributed by atoms with Crippen LogP contribution in [0, 0.1) is 6.92 Å². The molecule has 0 unspecified atom stereocenters. The molecule has 0 aliphatic heterocycles. The van der Waals surface area contributed by atoms with E-state index in [4.69, 9.17) is 0 Å². The molecule has 1 N–H and O–H groups in total. The van der Waals surface area contributed by atoms with Gasteiger partial charge in [-0.05, 0) is 24.6 Å². The lowest BCUT2D eigenvalue weighted by Gasteiger charge is -2.06. The molecule has 100 valence electrons. The third-order valence-corrected chi connectivity index (χ3v) is 3.32. The van der Waals surface area contributed by atoms with Crippen LogP contribution in [0.1, 0.15) is 11.4 Å². The van der Waals surface area contributed by atoms with Gasteiger partial charge >= 0.3 is 0 Å². The number of benzene rings is 1. The lowest BCUT2D eigenvalue weighted by Crippen LogP contribution is -2.13. The first-order valence-corrected chi connectivity index (χ1v) is 6.48. The Balaban J connectivity index is 1.92. The Kier molecular flexibility index (Phi) is 3.21. The van der Waals surface area contributed by atoms with E-state index in [2.05, 4.69) is 9.97 Å². The van der Waals surface area contributed by atoms with Crippen molar-refractivity contribution in [2.24, 2.45) is 0 Å². The Morgan fingerprint density at radius 2 is 1.95 bits per heavy atom. The number of aromatic nitrogens is 3. The summed E-state index contributed by atoms with van der Waals surface area (Å²) in [6.07, 6.45) is 3.56. The van der Waals surface area contributed by atoms with Crippen molar-refractivity contribution >= 4 is 0 Å². The van der Waals surface area contributed by atoms with Gasteiger partial charge in [0.2, 0.25) is 0 Å². The van der Waals surface area contributed by atoms with Gasteiger partial charge in [-0.3, -0.25) is 4.79 Å². The van der Waals surface area contributed by atoms with E-state index in [9.17, 15) is 4.79 Å². The van der Waals surface area contributed by atoms with E-state index in [1.54, 1.807) is 12.5 Å². The molecule has 0 radical (unpaired) electrons. The highest BCUT2D eigenvalue weighted by atomic mass is 16.1. The second kappa shape index (κ2) is 5.17. The number of hydrogen-bond donors (Lipinski definition) is 1. The molecule has 1 aromatic carbocycles. The van der Waals surface area contributed by atoms with Crippen molar-refractivity contribution in [2.75, 3.05) is 0 Å². The van der Waals surface area contributed by atoms with Crippen LogP contribution in [0.2, 0.25) is 0 Å². The molecule has 0 bridgehead atoms. The highest BCUT2D eigenvalue weighted by Gasteiger charge is 2.05. The van der Waals surface area contributed by atoms with Gasteiger partial charge in [0, 0.05) is 23.1 Å². The number of imidazole rings is 1. The number of nitrogens with zero attached hydrogens (tertiary/aromatic N) is 2. The van der Waals surface area contributed by atoms with E-state index in [0.29, 0.717) is 12.1 Å². The predicted octanol–water partition coefficient (Wildman–Crippen LogP) is 2.60. The molecule has 3 rings (SSSR count). The fourth-order valence-corrected chi connectivity index (χ4v) is 2.19. The summed E-state index contributed by atoms with van der Waals surface area (Å²) in [4.78, 5) is 19.2. The summed E-state index contributed by atoms with van der Waals surface area (Å²) < 4.78 is 1.99. The normalized spacial score (nSPS) is 10.7. The molecule has 20 heavy (non-hydrogen) atoms. The number of nitrogens with one attached hydrogen (secondary N) is 1. The quantitative estimate of drug-likeness (QED) is 0.791. The third kappa shape index (κ3) is 2.40. The number of H-pyrrole nitrogens is 1. The minimum atomic E-state index is -0.0635. The van der Waals surface area contributed by atoms with Gasteiger partial charge in [0.05, 0.1) is 12.9 Å². The predicted molar refractivity (Wildman–Crippen MR) is 78.6 cm³/mol. The fourth-order valence-electron chi connectivity index (χ4n) is 2.19. The van der Waals surface area contributed by atoms with E-state index in [0.717, 1.165) is 17.0 Å². The van der Waals surface area contributed by atoms with Gasteiger partial charge in [0.15, 0.2) is 0 Å². The smallest absolute Gasteiger partial charge is 0.256 e. The fraction of sp³-hybridized carbons (Fsp3) is 0.125. The van der Waals surface area contributed by atoms with Crippen molar-refractivity contribution in [3.8, 4) is 11.1 Å². The van der Waals surface area contributed by atoms with E-state index in [-0.39, 0.29) is 5.56 Å². The van der Waals surface area contributed by atoms with Gasteiger partial charge in [-0.2, -0.15) is 0 Å². The van der Waals surface area contributed by atoms with Crippen molar-refractivity contribution in [1.82, 2.24) is 14.5 Å². The van der Waals surface area contributed by atoms with Crippen LogP contribution in [0.15, 0.2) is 59.8 Å². The first kappa shape index (κ1) is 12.4. The van der Waals surface area contributed by atoms with E-state index in [1.165, 1.54) is 0 Å². The van der Waals surface area contributed by atoms with Crippen LogP contribution in [-0.2, 0) is 6.54 Å². The van der Waals surface area contributed by atoms with Crippen LogP contribution in [0.5, 0.6) is 0 Å². The third-order valence-electron chi connectivity index (χ3n) is 3.32. The van der Waals surface area contributed by atoms with E-state index in [1.807, 2.05) is 54.0 Å². The van der Waals surface area contributed by atoms with Crippen LogP contribution in [0.3, 0.4) is 0 Å². The molecule has 0 saturated carbocycles. The summed E-state index contributed by atoms with van der Waals surface area (Å²) in [5.41, 5.74) is 3.50. The molecule has 0 saturated heterocycles. The number of aromatic amines is 1. The molecule has 4 heteroatoms. The SMILES string of the molecule is Cc1cncn1Cc1ccc(-c2ccccc2)c(=O)[nH]1. The monoisotopic (exact) mass is 265 g/mol. The minimum absolute atomic E-state index is 0.0635. The van der Waals surface area contributed by atoms with Crippen molar-refractivity contribution < 1.29 is 0 Å². The lowest BCUT2D eigenvalue weighted by molar-refractivity contribution is 0.746. The first-order chi connectivity index (χ1) is 9.74. The van der Waals surface area contributed by atoms with Crippen LogP contribution < -0.4 is 5.56 Å². The largest absolute Gasteiger partial charge is 0.329 e. The molecule has 0 spiro atoms. The standard InChI is InChI=1S/C16H15N3O/c1-12-9-17-11-19(12)10-14-7-8-15(16(20)18-14)13-5-3-2-4-6-13/h2-9,11H,10H2,1H3,(H,18,20). The first-order valence-electron chi connectivity index (χ1n) is 6.48. The van der Waals surface area contributed by atoms with Gasteiger partial charge in [0.25, 0.3) is 5.56 Å². The van der Waals surface area contributed by atoms with Crippen molar-refractivity contribution in [3.05, 3.63) is 76.7 Å². The van der Waals surface area contributed by atoms with Crippen LogP contribution in [-0.4, -0.2) is 14.5 Å². The maximum absolute atomic E-state index is 12.2. The number of rotatable bonds is 3. The average molecular weight is 265 g/mol. The molecule has 0 aliphatic carbocycles. The molecule has 2 heterocycles. The summed E-state index contributed by atoms with van der Waals surface area (Å²) in [5, 5.41) is 0. The van der Waals surface area contributed by atoms with Gasteiger partial charge in [-0.25, -0.2) is 4.98 Å². The molecule has 4 nitrogen and oxygen atoms in total. The van der Waals surface area contributed by atoms with E-state index < -0.39 is 0 Å². The van der Waals surface area contributed by atoms with E-state index >= 15 is 0 Å². The Bertz CT molecular complexity index is 772. The number of pyridine rings is 1. The zero-order chi connectivity index (χ0) is 13.9. The minimum Gasteiger partial charge on any atom is -0.329 e. The number of aryl methyl sites for hydroxylation is 1. The van der Waals surface area contributed by atoms with Crippen LogP contribution in [0.25, 0.3) is 11.1 Å². The molecule has 3 aromatic rings. The number of hydrogen-bond acceptors (Lipinski definition) is 2. The summed E-state index contributed by atoms with van der Waals surface area (Å²) >= 11 is 0. The van der Waals surface area contributed by atoms with Crippen molar-refractivity contribution in [1.29, 1.82) is 0 Å². The van der Waals surface area contributed by atoms with Crippen LogP contribution in [0.4, 0.5) is 0 Å². The maximum atomic E-state index is 12.2. The molecule has 0 atom stereocenters. The zero-order valence-electron chi connectivity index (χ0n) is 11.2. The summed E-state index contributed by atoms with van der Waals surface area (Å²) in [7, 11) is 0. The van der Waals surface area contributed by atoms with Gasteiger partial charge < -0.3 is 9.55 Å². The Hall–Kier alpha value is -2.62. The molecule has 0 fully saturated rings. The molecular formula is C16H15N3O. The van der Waals surface area contributed by atoms with Gasteiger partial charge in [-0.1, -0.05) is 30.3 Å². The summed E-state index contributed by atoms with van der Waals surface area (Å²) in [6, 6.07) is 13.5. The molecular weight excluding hydrogens is 250 g/mol. The van der Waals surface area contributed by atoms with Gasteiger partial charge in [0.1, 0.15) is 0 Å². The second-order valence-electron chi connectivity index (χ2n) is 4.76. The highest BCUT2D eigenvalue weighted by Crippen LogP contribution is 2.14. The Morgan fingerprint density at radius 3 is 2.60 bits per heavy atom. The van der Waals surface area contributed by atoms with Crippen molar-refractivity contribution in [2.45, 2.75) is 13.5 Å².